The van der Waals surface area contributed by atoms with Crippen molar-refractivity contribution in [3.63, 3.8) is 0 Å². The van der Waals surface area contributed by atoms with Crippen LogP contribution >= 0.6 is 15.9 Å². The van der Waals surface area contributed by atoms with E-state index in [2.05, 4.69) is 26.8 Å². The average molecular weight is 323 g/mol. The molecule has 6 heteroatoms. The molecule has 2 aromatic rings. The van der Waals surface area contributed by atoms with Crippen LogP contribution in [0.1, 0.15) is 26.7 Å². The number of halogens is 1. The van der Waals surface area contributed by atoms with Crippen LogP contribution in [0.5, 0.6) is 0 Å². The predicted molar refractivity (Wildman–Crippen MR) is 72.5 cm³/mol. The minimum absolute atomic E-state index is 0.143. The Kier molecular flexibility index (Phi) is 4.01. The number of hydrogen-bond acceptors (Lipinski definition) is 3. The maximum atomic E-state index is 11.8. The van der Waals surface area contributed by atoms with Gasteiger partial charge in [0.05, 0.1) is 5.56 Å². The van der Waals surface area contributed by atoms with E-state index in [-0.39, 0.29) is 5.76 Å². The van der Waals surface area contributed by atoms with Crippen LogP contribution in [0.4, 0.5) is 0 Å². The molecule has 98 valence electrons. The van der Waals surface area contributed by atoms with E-state index in [4.69, 9.17) is 4.42 Å². The van der Waals surface area contributed by atoms with Crippen molar-refractivity contribution in [1.29, 1.82) is 0 Å². The first kappa shape index (κ1) is 13.4. The lowest BCUT2D eigenvalue weighted by atomic mass is 10.2. The van der Waals surface area contributed by atoms with Crippen LogP contribution in [0.2, 0.25) is 0 Å². The lowest BCUT2D eigenvalue weighted by molar-refractivity contribution is 0.0830. The monoisotopic (exact) mass is 322 g/mol. The van der Waals surface area contributed by atoms with Crippen LogP contribution in [0.25, 0.3) is 0 Å². The zero-order chi connectivity index (χ0) is 13.8. The van der Waals surface area contributed by atoms with Gasteiger partial charge >= 0.3 is 5.91 Å². The van der Waals surface area contributed by atoms with Gasteiger partial charge in [0.1, 0.15) is 5.76 Å². The predicted octanol–water partition coefficient (Wildman–Crippen LogP) is 2.43. The minimum atomic E-state index is -0.506. The van der Waals surface area contributed by atoms with Gasteiger partial charge in [-0.3, -0.25) is 20.4 Å². The van der Waals surface area contributed by atoms with E-state index in [9.17, 15) is 9.59 Å². The second-order valence-electron chi connectivity index (χ2n) is 3.80. The molecule has 2 amide bonds. The quantitative estimate of drug-likeness (QED) is 0.834. The summed E-state index contributed by atoms with van der Waals surface area (Å²) in [5.74, 6) is -0.148. The number of nitrogens with one attached hydrogen (secondary N) is 2. The van der Waals surface area contributed by atoms with Gasteiger partial charge in [-0.25, -0.2) is 0 Å². The van der Waals surface area contributed by atoms with E-state index < -0.39 is 11.8 Å². The van der Waals surface area contributed by atoms with Crippen LogP contribution in [0, 0.1) is 6.92 Å². The highest BCUT2D eigenvalue weighted by Crippen LogP contribution is 2.15. The van der Waals surface area contributed by atoms with Gasteiger partial charge in [-0.05, 0) is 47.1 Å². The molecule has 0 saturated heterocycles. The molecule has 0 saturated carbocycles. The number of rotatable bonds is 2. The second-order valence-corrected chi connectivity index (χ2v) is 4.65. The van der Waals surface area contributed by atoms with Crippen LogP contribution in [0.15, 0.2) is 45.3 Å². The summed E-state index contributed by atoms with van der Waals surface area (Å²) in [5, 5.41) is 0. The van der Waals surface area contributed by atoms with Gasteiger partial charge in [0.15, 0.2) is 5.76 Å². The van der Waals surface area contributed by atoms with Crippen molar-refractivity contribution in [2.45, 2.75) is 6.92 Å². The number of hydrazine groups is 1. The first-order valence-electron chi connectivity index (χ1n) is 5.49. The summed E-state index contributed by atoms with van der Waals surface area (Å²) in [7, 11) is 0. The normalized spacial score (nSPS) is 10.0. The van der Waals surface area contributed by atoms with E-state index in [0.29, 0.717) is 15.8 Å². The number of carbonyl (C=O) groups excluding carboxylic acids is 2. The molecule has 2 N–H and O–H groups in total. The SMILES string of the molecule is Cc1ccc(C(=O)NNC(=O)c2ccccc2Br)o1. The molecule has 0 aliphatic heterocycles. The van der Waals surface area contributed by atoms with Crippen LogP contribution < -0.4 is 10.9 Å². The van der Waals surface area contributed by atoms with Crippen molar-refractivity contribution in [3.05, 3.63) is 58.0 Å². The zero-order valence-electron chi connectivity index (χ0n) is 10.1. The zero-order valence-corrected chi connectivity index (χ0v) is 11.7. The molecule has 0 aliphatic rings. The number of benzene rings is 1. The Bertz CT molecular complexity index is 622. The summed E-state index contributed by atoms with van der Waals surface area (Å²) < 4.78 is 5.78. The first-order valence-corrected chi connectivity index (χ1v) is 6.29. The summed E-state index contributed by atoms with van der Waals surface area (Å²) in [6, 6.07) is 10.1. The summed E-state index contributed by atoms with van der Waals surface area (Å²) in [6.07, 6.45) is 0. The van der Waals surface area contributed by atoms with Crippen molar-refractivity contribution < 1.29 is 14.0 Å². The number of hydrogen-bond donors (Lipinski definition) is 2. The maximum absolute atomic E-state index is 11.8. The van der Waals surface area contributed by atoms with Gasteiger partial charge in [0, 0.05) is 4.47 Å². The largest absolute Gasteiger partial charge is 0.456 e. The third-order valence-corrected chi connectivity index (χ3v) is 3.06. The molecular formula is C13H11BrN2O3. The minimum Gasteiger partial charge on any atom is -0.456 e. The fourth-order valence-corrected chi connectivity index (χ4v) is 1.91. The highest BCUT2D eigenvalue weighted by atomic mass is 79.9. The Morgan fingerprint density at radius 3 is 2.37 bits per heavy atom. The second kappa shape index (κ2) is 5.71. The molecule has 0 aliphatic carbocycles. The smallest absolute Gasteiger partial charge is 0.305 e. The van der Waals surface area contributed by atoms with Crippen molar-refractivity contribution in [2.24, 2.45) is 0 Å². The third kappa shape index (κ3) is 3.23. The van der Waals surface area contributed by atoms with Crippen molar-refractivity contribution in [1.82, 2.24) is 10.9 Å². The van der Waals surface area contributed by atoms with Gasteiger partial charge in [-0.1, -0.05) is 12.1 Å². The number of carbonyl (C=O) groups is 2. The molecule has 0 spiro atoms. The highest BCUT2D eigenvalue weighted by Gasteiger charge is 2.13. The molecule has 19 heavy (non-hydrogen) atoms. The standard InChI is InChI=1S/C13H11BrN2O3/c1-8-6-7-11(19-8)13(18)16-15-12(17)9-4-2-3-5-10(9)14/h2-7H,1H3,(H,15,17)(H,16,18). The van der Waals surface area contributed by atoms with E-state index in [1.807, 2.05) is 0 Å². The van der Waals surface area contributed by atoms with Crippen LogP contribution in [0.3, 0.4) is 0 Å². The molecule has 1 aromatic heterocycles. The van der Waals surface area contributed by atoms with Gasteiger partial charge in [-0.2, -0.15) is 0 Å². The number of amides is 2. The lowest BCUT2D eigenvalue weighted by Crippen LogP contribution is -2.41. The van der Waals surface area contributed by atoms with Gasteiger partial charge in [0.2, 0.25) is 0 Å². The first-order chi connectivity index (χ1) is 9.08. The molecule has 0 unspecified atom stereocenters. The summed E-state index contributed by atoms with van der Waals surface area (Å²) in [6.45, 7) is 1.73. The molecular weight excluding hydrogens is 312 g/mol. The van der Waals surface area contributed by atoms with Crippen molar-refractivity contribution in [3.8, 4) is 0 Å². The van der Waals surface area contributed by atoms with E-state index in [1.54, 1.807) is 37.3 Å². The fraction of sp³-hybridized carbons (Fsp3) is 0.0769. The van der Waals surface area contributed by atoms with Gasteiger partial charge in [-0.15, -0.1) is 0 Å². The van der Waals surface area contributed by atoms with Gasteiger partial charge in [0.25, 0.3) is 5.91 Å². The molecule has 0 atom stereocenters. The molecule has 1 aromatic carbocycles. The Morgan fingerprint density at radius 2 is 1.74 bits per heavy atom. The summed E-state index contributed by atoms with van der Waals surface area (Å²) in [5.41, 5.74) is 5.03. The van der Waals surface area contributed by atoms with Crippen molar-refractivity contribution in [2.75, 3.05) is 0 Å². The molecule has 2 rings (SSSR count). The third-order valence-electron chi connectivity index (χ3n) is 2.37. The lowest BCUT2D eigenvalue weighted by Gasteiger charge is -2.07. The Morgan fingerprint density at radius 1 is 1.05 bits per heavy atom. The van der Waals surface area contributed by atoms with Crippen LogP contribution in [-0.2, 0) is 0 Å². The molecule has 0 radical (unpaired) electrons. The maximum Gasteiger partial charge on any atom is 0.305 e. The molecule has 0 bridgehead atoms. The molecule has 0 fully saturated rings. The topological polar surface area (TPSA) is 71.3 Å². The summed E-state index contributed by atoms with van der Waals surface area (Å²) in [4.78, 5) is 23.5. The fourth-order valence-electron chi connectivity index (χ4n) is 1.44. The Balaban J connectivity index is 1.98. The van der Waals surface area contributed by atoms with Crippen molar-refractivity contribution >= 4 is 27.7 Å². The van der Waals surface area contributed by atoms with E-state index >= 15 is 0 Å². The van der Waals surface area contributed by atoms with Crippen LogP contribution in [-0.4, -0.2) is 11.8 Å². The molecule has 5 nitrogen and oxygen atoms in total. The van der Waals surface area contributed by atoms with Gasteiger partial charge < -0.3 is 4.42 Å². The number of aryl methyl sites for hydroxylation is 1. The van der Waals surface area contributed by atoms with E-state index in [0.717, 1.165) is 0 Å². The highest BCUT2D eigenvalue weighted by molar-refractivity contribution is 9.10. The average Bonchev–Trinajstić information content (AvgIpc) is 2.83. The Hall–Kier alpha value is -2.08. The van der Waals surface area contributed by atoms with E-state index in [1.165, 1.54) is 6.07 Å². The summed E-state index contributed by atoms with van der Waals surface area (Å²) >= 11 is 3.26. The number of furan rings is 1. The Labute approximate surface area is 118 Å². The molecule has 1 heterocycles.